The fraction of sp³-hybridized carbons (Fsp3) is 0. The fourth-order valence-electron chi connectivity index (χ4n) is 2.75. The molecular weight excluding hydrogens is 360 g/mol. The predicted octanol–water partition coefficient (Wildman–Crippen LogP) is 4.41. The van der Waals surface area contributed by atoms with Crippen molar-refractivity contribution in [3.63, 3.8) is 0 Å². The summed E-state index contributed by atoms with van der Waals surface area (Å²) in [4.78, 5) is 0. The van der Waals surface area contributed by atoms with Crippen molar-refractivity contribution in [3.05, 3.63) is 105 Å². The van der Waals surface area contributed by atoms with E-state index in [4.69, 9.17) is 25.7 Å². The van der Waals surface area contributed by atoms with Crippen LogP contribution in [0.5, 0.6) is 0 Å². The Balaban J connectivity index is 2.13. The third kappa shape index (κ3) is 4.29. The normalized spacial score (nSPS) is 8.67. The second-order valence-corrected chi connectivity index (χ2v) is 6.11. The van der Waals surface area contributed by atoms with Crippen LogP contribution in [0.15, 0.2) is 60.7 Å². The molecule has 0 radical (unpaired) electrons. The summed E-state index contributed by atoms with van der Waals surface area (Å²) in [6, 6.07) is 18.5. The van der Waals surface area contributed by atoms with E-state index in [1.54, 1.807) is 12.1 Å². The number of benzene rings is 3. The maximum atomic E-state index is 5.68. The lowest BCUT2D eigenvalue weighted by Crippen LogP contribution is -1.92. The number of terminal acetylenes is 4. The Morgan fingerprint density at radius 2 is 0.667 bits per heavy atom. The second-order valence-electron chi connectivity index (χ2n) is 6.11. The highest BCUT2D eigenvalue weighted by atomic mass is 14.1. The molecule has 0 heteroatoms. The molecule has 0 atom stereocenters. The minimum absolute atomic E-state index is 0.600. The Bertz CT molecular complexity index is 1320. The first-order valence-electron chi connectivity index (χ1n) is 8.96. The highest BCUT2D eigenvalue weighted by Gasteiger charge is 2.05. The topological polar surface area (TPSA) is 0 Å². The van der Waals surface area contributed by atoms with Crippen LogP contribution in [-0.2, 0) is 0 Å². The zero-order chi connectivity index (χ0) is 21.3. The third-order valence-corrected chi connectivity index (χ3v) is 4.30. The van der Waals surface area contributed by atoms with Crippen molar-refractivity contribution in [1.29, 1.82) is 0 Å². The zero-order valence-corrected chi connectivity index (χ0v) is 16.1. The standard InChI is InChI=1S/C30H14/c1-5-23-13-9-11-15-27(23)17-19-29-22-30(26(8-4)21-25(29)7-3)20-18-28-16-12-10-14-24(28)6-2/h1-4,9-16,21-22H. The lowest BCUT2D eigenvalue weighted by molar-refractivity contribution is 1.51. The van der Waals surface area contributed by atoms with E-state index in [1.807, 2.05) is 48.5 Å². The maximum Gasteiger partial charge on any atom is 0.0418 e. The molecule has 0 N–H and O–H groups in total. The summed E-state index contributed by atoms with van der Waals surface area (Å²) in [5, 5.41) is 0. The van der Waals surface area contributed by atoms with E-state index >= 15 is 0 Å². The summed E-state index contributed by atoms with van der Waals surface area (Å²) < 4.78 is 0. The Morgan fingerprint density at radius 3 is 1.03 bits per heavy atom. The van der Waals surface area contributed by atoms with E-state index in [1.165, 1.54) is 0 Å². The second kappa shape index (κ2) is 9.29. The molecule has 3 aromatic rings. The molecule has 134 valence electrons. The molecule has 0 spiro atoms. The molecule has 3 rings (SSSR count). The van der Waals surface area contributed by atoms with Gasteiger partial charge in [-0.2, -0.15) is 0 Å². The molecule has 0 saturated carbocycles. The molecular formula is C30H14. The molecule has 0 aliphatic carbocycles. The molecule has 0 aliphatic heterocycles. The first-order valence-corrected chi connectivity index (χ1v) is 8.96. The quantitative estimate of drug-likeness (QED) is 0.511. The molecule has 0 fully saturated rings. The average molecular weight is 374 g/mol. The summed E-state index contributed by atoms with van der Waals surface area (Å²) in [6.45, 7) is 0. The maximum absolute atomic E-state index is 5.68. The van der Waals surface area contributed by atoms with Gasteiger partial charge in [-0.15, -0.1) is 25.7 Å². The van der Waals surface area contributed by atoms with Crippen LogP contribution in [0.1, 0.15) is 44.5 Å². The summed E-state index contributed by atoms with van der Waals surface area (Å²) >= 11 is 0. The number of hydrogen-bond donors (Lipinski definition) is 0. The fourth-order valence-corrected chi connectivity index (χ4v) is 2.75. The van der Waals surface area contributed by atoms with Gasteiger partial charge in [0, 0.05) is 44.5 Å². The Hall–Kier alpha value is -4.98. The van der Waals surface area contributed by atoms with Crippen molar-refractivity contribution in [2.75, 3.05) is 0 Å². The van der Waals surface area contributed by atoms with Gasteiger partial charge < -0.3 is 0 Å². The summed E-state index contributed by atoms with van der Waals surface area (Å²) in [6.07, 6.45) is 22.5. The van der Waals surface area contributed by atoms with Gasteiger partial charge in [0.15, 0.2) is 0 Å². The number of rotatable bonds is 0. The molecule has 0 amide bonds. The van der Waals surface area contributed by atoms with Crippen LogP contribution >= 0.6 is 0 Å². The Labute approximate surface area is 178 Å². The summed E-state index contributed by atoms with van der Waals surface area (Å²) in [7, 11) is 0. The van der Waals surface area contributed by atoms with Gasteiger partial charge in [0.2, 0.25) is 0 Å². The smallest absolute Gasteiger partial charge is 0.0418 e. The molecule has 0 saturated heterocycles. The van der Waals surface area contributed by atoms with Gasteiger partial charge >= 0.3 is 0 Å². The predicted molar refractivity (Wildman–Crippen MR) is 123 cm³/mol. The van der Waals surface area contributed by atoms with Crippen LogP contribution in [0.3, 0.4) is 0 Å². The molecule has 0 heterocycles. The molecule has 30 heavy (non-hydrogen) atoms. The molecule has 0 aromatic heterocycles. The summed E-state index contributed by atoms with van der Waals surface area (Å²) in [5.41, 5.74) is 5.44. The van der Waals surface area contributed by atoms with Crippen LogP contribution in [0.25, 0.3) is 0 Å². The van der Waals surface area contributed by atoms with Crippen LogP contribution in [-0.4, -0.2) is 0 Å². The monoisotopic (exact) mass is 374 g/mol. The zero-order valence-electron chi connectivity index (χ0n) is 16.1. The van der Waals surface area contributed by atoms with Gasteiger partial charge in [0.25, 0.3) is 0 Å². The van der Waals surface area contributed by atoms with Gasteiger partial charge in [-0.05, 0) is 36.4 Å². The molecule has 0 bridgehead atoms. The molecule has 0 unspecified atom stereocenters. The van der Waals surface area contributed by atoms with Crippen molar-refractivity contribution in [2.24, 2.45) is 0 Å². The average Bonchev–Trinajstić information content (AvgIpc) is 2.81. The van der Waals surface area contributed by atoms with Crippen LogP contribution in [0.2, 0.25) is 0 Å². The third-order valence-electron chi connectivity index (χ3n) is 4.30. The molecule has 0 nitrogen and oxygen atoms in total. The minimum Gasteiger partial charge on any atom is -0.115 e. The molecule has 0 aliphatic rings. The number of hydrogen-bond acceptors (Lipinski definition) is 0. The van der Waals surface area contributed by atoms with Gasteiger partial charge in [-0.1, -0.05) is 71.6 Å². The van der Waals surface area contributed by atoms with Crippen LogP contribution in [0, 0.1) is 73.1 Å². The van der Waals surface area contributed by atoms with Crippen molar-refractivity contribution >= 4 is 0 Å². The first kappa shape index (κ1) is 19.8. The molecule has 3 aromatic carbocycles. The lowest BCUT2D eigenvalue weighted by Gasteiger charge is -2.03. The van der Waals surface area contributed by atoms with Gasteiger partial charge in [0.05, 0.1) is 0 Å². The Kier molecular flexibility index (Phi) is 6.12. The Morgan fingerprint density at radius 1 is 0.367 bits per heavy atom. The van der Waals surface area contributed by atoms with E-state index in [2.05, 4.69) is 47.4 Å². The highest BCUT2D eigenvalue weighted by molar-refractivity contribution is 5.63. The highest BCUT2D eigenvalue weighted by Crippen LogP contribution is 2.16. The van der Waals surface area contributed by atoms with E-state index in [0.717, 1.165) is 22.3 Å². The SMILES string of the molecule is C#Cc1ccccc1C#Cc1cc(C#Cc2ccccc2C#C)c(C#C)cc1C#C. The van der Waals surface area contributed by atoms with Crippen molar-refractivity contribution < 1.29 is 0 Å². The van der Waals surface area contributed by atoms with Crippen molar-refractivity contribution in [1.82, 2.24) is 0 Å². The van der Waals surface area contributed by atoms with Crippen molar-refractivity contribution in [2.45, 2.75) is 0 Å². The lowest BCUT2D eigenvalue weighted by atomic mass is 9.98. The van der Waals surface area contributed by atoms with E-state index in [0.29, 0.717) is 22.3 Å². The van der Waals surface area contributed by atoms with E-state index in [9.17, 15) is 0 Å². The van der Waals surface area contributed by atoms with Gasteiger partial charge in [-0.25, -0.2) is 0 Å². The first-order chi connectivity index (χ1) is 14.7. The van der Waals surface area contributed by atoms with Crippen LogP contribution in [0.4, 0.5) is 0 Å². The van der Waals surface area contributed by atoms with Crippen LogP contribution < -0.4 is 0 Å². The van der Waals surface area contributed by atoms with Crippen molar-refractivity contribution in [3.8, 4) is 73.1 Å². The summed E-state index contributed by atoms with van der Waals surface area (Å²) in [5.74, 6) is 23.0. The van der Waals surface area contributed by atoms with Gasteiger partial charge in [0.1, 0.15) is 0 Å². The van der Waals surface area contributed by atoms with E-state index in [-0.39, 0.29) is 0 Å². The van der Waals surface area contributed by atoms with Gasteiger partial charge in [-0.3, -0.25) is 0 Å². The minimum atomic E-state index is 0.600. The largest absolute Gasteiger partial charge is 0.115 e. The van der Waals surface area contributed by atoms with E-state index < -0.39 is 0 Å².